The molecule has 1 aliphatic carbocycles. The summed E-state index contributed by atoms with van der Waals surface area (Å²) in [6.07, 6.45) is 7.05. The fourth-order valence-corrected chi connectivity index (χ4v) is 4.48. The Labute approximate surface area is 160 Å². The number of hydrogen-bond donors (Lipinski definition) is 0. The molecule has 1 saturated heterocycles. The predicted octanol–water partition coefficient (Wildman–Crippen LogP) is 3.69. The van der Waals surface area contributed by atoms with Crippen molar-refractivity contribution in [3.8, 4) is 5.75 Å². The number of likely N-dealkylation sites (tertiary alicyclic amines) is 1. The molecule has 5 heteroatoms. The van der Waals surface area contributed by atoms with Gasteiger partial charge in [0.05, 0.1) is 17.9 Å². The van der Waals surface area contributed by atoms with Gasteiger partial charge in [-0.2, -0.15) is 0 Å². The van der Waals surface area contributed by atoms with Gasteiger partial charge in [-0.25, -0.2) is 9.97 Å². The van der Waals surface area contributed by atoms with Gasteiger partial charge in [0.15, 0.2) is 0 Å². The Morgan fingerprint density at radius 2 is 2.15 bits per heavy atom. The molecule has 2 aromatic rings. The molecule has 5 nitrogen and oxygen atoms in total. The molecule has 1 aromatic heterocycles. The molecule has 0 N–H and O–H groups in total. The van der Waals surface area contributed by atoms with Crippen LogP contribution in [0.2, 0.25) is 0 Å². The number of aromatic nitrogens is 2. The Morgan fingerprint density at radius 3 is 3.00 bits per heavy atom. The smallest absolute Gasteiger partial charge is 0.257 e. The Morgan fingerprint density at radius 1 is 1.30 bits per heavy atom. The van der Waals surface area contributed by atoms with Crippen molar-refractivity contribution in [3.63, 3.8) is 0 Å². The number of rotatable bonds is 4. The second kappa shape index (κ2) is 7.29. The number of carbonyl (C=O) groups excluding carboxylic acids is 1. The highest BCUT2D eigenvalue weighted by molar-refractivity contribution is 5.97. The lowest BCUT2D eigenvalue weighted by molar-refractivity contribution is 0.0629. The number of carbonyl (C=O) groups is 1. The topological polar surface area (TPSA) is 55.3 Å². The van der Waals surface area contributed by atoms with Crippen molar-refractivity contribution in [1.29, 1.82) is 0 Å². The highest BCUT2D eigenvalue weighted by Gasteiger charge is 2.44. The fraction of sp³-hybridized carbons (Fsp3) is 0.500. The van der Waals surface area contributed by atoms with E-state index in [9.17, 15) is 4.79 Å². The second-order valence-corrected chi connectivity index (χ2v) is 7.75. The van der Waals surface area contributed by atoms with Gasteiger partial charge in [-0.15, -0.1) is 0 Å². The number of amides is 1. The molecule has 27 heavy (non-hydrogen) atoms. The zero-order valence-corrected chi connectivity index (χ0v) is 16.2. The predicted molar refractivity (Wildman–Crippen MR) is 104 cm³/mol. The van der Waals surface area contributed by atoms with E-state index in [0.29, 0.717) is 17.9 Å². The lowest BCUT2D eigenvalue weighted by Gasteiger charge is -2.40. The van der Waals surface area contributed by atoms with Gasteiger partial charge in [0, 0.05) is 24.7 Å². The van der Waals surface area contributed by atoms with Crippen LogP contribution in [0.25, 0.3) is 0 Å². The van der Waals surface area contributed by atoms with Crippen molar-refractivity contribution >= 4 is 5.91 Å². The van der Waals surface area contributed by atoms with E-state index in [1.807, 2.05) is 42.3 Å². The average molecular weight is 365 g/mol. The van der Waals surface area contributed by atoms with Crippen LogP contribution in [-0.2, 0) is 11.8 Å². The molecular formula is C22H27N3O2. The van der Waals surface area contributed by atoms with Crippen LogP contribution in [0, 0.1) is 6.92 Å². The molecule has 2 heterocycles. The molecule has 1 unspecified atom stereocenters. The summed E-state index contributed by atoms with van der Waals surface area (Å²) in [5.41, 5.74) is 3.07. The third-order valence-electron chi connectivity index (χ3n) is 5.80. The van der Waals surface area contributed by atoms with Crippen LogP contribution in [0.5, 0.6) is 5.75 Å². The van der Waals surface area contributed by atoms with Crippen LogP contribution in [0.3, 0.4) is 0 Å². The van der Waals surface area contributed by atoms with Gasteiger partial charge >= 0.3 is 0 Å². The van der Waals surface area contributed by atoms with Gasteiger partial charge in [0.1, 0.15) is 11.6 Å². The van der Waals surface area contributed by atoms with Crippen molar-refractivity contribution < 1.29 is 9.53 Å². The highest BCUT2D eigenvalue weighted by Crippen LogP contribution is 2.44. The zero-order valence-electron chi connectivity index (χ0n) is 16.2. The van der Waals surface area contributed by atoms with Crippen molar-refractivity contribution in [2.75, 3.05) is 19.7 Å². The second-order valence-electron chi connectivity index (χ2n) is 7.75. The summed E-state index contributed by atoms with van der Waals surface area (Å²) >= 11 is 0. The van der Waals surface area contributed by atoms with E-state index in [0.717, 1.165) is 51.0 Å². The number of aryl methyl sites for hydroxylation is 2. The first-order valence-electron chi connectivity index (χ1n) is 9.97. The summed E-state index contributed by atoms with van der Waals surface area (Å²) in [6.45, 7) is 6.16. The van der Waals surface area contributed by atoms with E-state index in [-0.39, 0.29) is 11.3 Å². The number of nitrogens with zero attached hydrogens (tertiary/aromatic N) is 3. The van der Waals surface area contributed by atoms with Crippen LogP contribution in [0.15, 0.2) is 30.5 Å². The van der Waals surface area contributed by atoms with Crippen LogP contribution < -0.4 is 4.74 Å². The van der Waals surface area contributed by atoms with E-state index >= 15 is 0 Å². The van der Waals surface area contributed by atoms with Crippen molar-refractivity contribution in [2.24, 2.45) is 0 Å². The summed E-state index contributed by atoms with van der Waals surface area (Å²) < 4.78 is 5.82. The molecule has 1 spiro atoms. The average Bonchev–Trinajstić information content (AvgIpc) is 3.03. The fourth-order valence-electron chi connectivity index (χ4n) is 4.48. The minimum atomic E-state index is -0.0177. The summed E-state index contributed by atoms with van der Waals surface area (Å²) in [7, 11) is 0. The third-order valence-corrected chi connectivity index (χ3v) is 5.80. The Balaban J connectivity index is 1.60. The number of para-hydroxylation sites is 1. The van der Waals surface area contributed by atoms with E-state index in [2.05, 4.69) is 11.9 Å². The monoisotopic (exact) mass is 365 g/mol. The summed E-state index contributed by atoms with van der Waals surface area (Å²) in [6, 6.07) is 7.60. The number of benzene rings is 1. The summed E-state index contributed by atoms with van der Waals surface area (Å²) in [4.78, 5) is 24.5. The van der Waals surface area contributed by atoms with Crippen molar-refractivity contribution in [1.82, 2.24) is 14.9 Å². The van der Waals surface area contributed by atoms with E-state index in [4.69, 9.17) is 9.72 Å². The maximum atomic E-state index is 13.3. The Hall–Kier alpha value is -2.43. The maximum Gasteiger partial charge on any atom is 0.257 e. The molecule has 1 atom stereocenters. The third kappa shape index (κ3) is 3.31. The van der Waals surface area contributed by atoms with Gasteiger partial charge in [0.25, 0.3) is 5.91 Å². The minimum absolute atomic E-state index is 0.0177. The highest BCUT2D eigenvalue weighted by atomic mass is 16.5. The molecule has 1 aliphatic heterocycles. The SMILES string of the molecule is CCCOc1ccccc1C(=O)N1CCCC2(CCc3cnc(C)nc32)C1. The van der Waals surface area contributed by atoms with Gasteiger partial charge in [-0.1, -0.05) is 19.1 Å². The van der Waals surface area contributed by atoms with Gasteiger partial charge in [-0.05, 0) is 56.7 Å². The van der Waals surface area contributed by atoms with Gasteiger partial charge in [0.2, 0.25) is 0 Å². The van der Waals surface area contributed by atoms with E-state index in [1.165, 1.54) is 11.3 Å². The minimum Gasteiger partial charge on any atom is -0.493 e. The molecule has 0 bridgehead atoms. The largest absolute Gasteiger partial charge is 0.493 e. The molecule has 1 fully saturated rings. The lowest BCUT2D eigenvalue weighted by Crippen LogP contribution is -2.48. The number of ether oxygens (including phenoxy) is 1. The van der Waals surface area contributed by atoms with E-state index in [1.54, 1.807) is 0 Å². The Bertz CT molecular complexity index is 847. The first-order chi connectivity index (χ1) is 13.1. The summed E-state index contributed by atoms with van der Waals surface area (Å²) in [5.74, 6) is 1.57. The zero-order chi connectivity index (χ0) is 18.9. The summed E-state index contributed by atoms with van der Waals surface area (Å²) in [5, 5.41) is 0. The number of hydrogen-bond acceptors (Lipinski definition) is 4. The first kappa shape index (κ1) is 18.0. The van der Waals surface area contributed by atoms with Crippen LogP contribution >= 0.6 is 0 Å². The van der Waals surface area contributed by atoms with Gasteiger partial charge in [-0.3, -0.25) is 4.79 Å². The molecule has 1 amide bonds. The molecule has 142 valence electrons. The van der Waals surface area contributed by atoms with E-state index < -0.39 is 0 Å². The standard InChI is InChI=1S/C22H27N3O2/c1-3-13-27-19-8-5-4-7-18(19)21(26)25-12-6-10-22(15-25)11-9-17-14-23-16(2)24-20(17)22/h4-5,7-8,14H,3,6,9-13,15H2,1-2H3. The molecular weight excluding hydrogens is 338 g/mol. The number of fused-ring (bicyclic) bond motifs is 2. The molecule has 0 radical (unpaired) electrons. The Kier molecular flexibility index (Phi) is 4.85. The molecule has 1 aromatic carbocycles. The first-order valence-corrected chi connectivity index (χ1v) is 9.97. The molecule has 4 rings (SSSR count). The van der Waals surface area contributed by atoms with Crippen LogP contribution in [-0.4, -0.2) is 40.5 Å². The van der Waals surface area contributed by atoms with Crippen LogP contribution in [0.4, 0.5) is 0 Å². The normalized spacial score (nSPS) is 21.3. The lowest BCUT2D eigenvalue weighted by atomic mass is 9.77. The number of piperidine rings is 1. The molecule has 0 saturated carbocycles. The quantitative estimate of drug-likeness (QED) is 0.829. The maximum absolute atomic E-state index is 13.3. The van der Waals surface area contributed by atoms with Crippen molar-refractivity contribution in [3.05, 3.63) is 53.1 Å². The van der Waals surface area contributed by atoms with Crippen molar-refractivity contribution in [2.45, 2.75) is 51.4 Å². The van der Waals surface area contributed by atoms with Crippen LogP contribution in [0.1, 0.15) is 60.0 Å². The van der Waals surface area contributed by atoms with Gasteiger partial charge < -0.3 is 9.64 Å². The molecule has 2 aliphatic rings.